The molecule has 11 nitrogen and oxygen atoms in total. The molecule has 0 aromatic heterocycles. The zero-order valence-electron chi connectivity index (χ0n) is 37.5. The van der Waals surface area contributed by atoms with Gasteiger partial charge in [-0.3, -0.25) is 4.79 Å². The lowest BCUT2D eigenvalue weighted by molar-refractivity contribution is -0.303. The number of carbonyl (C=O) groups excluding carboxylic acids is 1. The van der Waals surface area contributed by atoms with Gasteiger partial charge in [0.15, 0.2) is 6.29 Å². The number of carbonyl (C=O) groups is 1. The van der Waals surface area contributed by atoms with Gasteiger partial charge >= 0.3 is 0 Å². The quantitative estimate of drug-likeness (QED) is 0.0221. The number of rotatable bonds is 40. The van der Waals surface area contributed by atoms with Gasteiger partial charge < -0.3 is 50.5 Å². The Hall–Kier alpha value is -1.41. The first kappa shape index (κ1) is 55.6. The predicted octanol–water partition coefficient (Wildman–Crippen LogP) is 8.23. The summed E-state index contributed by atoms with van der Waals surface area (Å²) < 4.78 is 11.1. The smallest absolute Gasteiger partial charge is 0.249 e. The van der Waals surface area contributed by atoms with Gasteiger partial charge in [-0.15, -0.1) is 0 Å². The van der Waals surface area contributed by atoms with Gasteiger partial charge in [0.05, 0.1) is 25.4 Å². The van der Waals surface area contributed by atoms with Gasteiger partial charge in [0.1, 0.15) is 36.6 Å². The first-order valence-corrected chi connectivity index (χ1v) is 24.2. The molecule has 1 heterocycles. The van der Waals surface area contributed by atoms with Gasteiger partial charge in [-0.05, 0) is 44.9 Å². The van der Waals surface area contributed by atoms with E-state index >= 15 is 0 Å². The van der Waals surface area contributed by atoms with E-state index in [1.165, 1.54) is 103 Å². The Morgan fingerprint density at radius 2 is 1.03 bits per heavy atom. The van der Waals surface area contributed by atoms with Crippen LogP contribution >= 0.6 is 0 Å². The average molecular weight is 842 g/mol. The van der Waals surface area contributed by atoms with Crippen molar-refractivity contribution in [2.75, 3.05) is 13.2 Å². The summed E-state index contributed by atoms with van der Waals surface area (Å²) in [6.45, 7) is 3.41. The van der Waals surface area contributed by atoms with Gasteiger partial charge in [-0.25, -0.2) is 0 Å². The zero-order chi connectivity index (χ0) is 43.4. The molecule has 11 heteroatoms. The lowest BCUT2D eigenvalue weighted by atomic mass is 9.98. The van der Waals surface area contributed by atoms with Gasteiger partial charge in [-0.1, -0.05) is 186 Å². The Bertz CT molecular complexity index is 1010. The number of hydrogen-bond donors (Lipinski definition) is 8. The third-order valence-electron chi connectivity index (χ3n) is 11.8. The number of aliphatic hydroxyl groups excluding tert-OH is 7. The minimum absolute atomic E-state index is 0.249. The van der Waals surface area contributed by atoms with Crippen LogP contribution < -0.4 is 5.32 Å². The summed E-state index contributed by atoms with van der Waals surface area (Å²) in [6.07, 6.45) is 30.7. The van der Waals surface area contributed by atoms with E-state index in [0.29, 0.717) is 19.3 Å². The summed E-state index contributed by atoms with van der Waals surface area (Å²) in [6, 6.07) is -1.17. The number of allylic oxidation sites excluding steroid dienone is 4. The molecule has 1 fully saturated rings. The molecule has 0 aromatic carbocycles. The summed E-state index contributed by atoms with van der Waals surface area (Å²) in [5.41, 5.74) is 0. The van der Waals surface area contributed by atoms with Crippen molar-refractivity contribution in [3.05, 3.63) is 24.3 Å². The van der Waals surface area contributed by atoms with Crippen molar-refractivity contribution >= 4 is 5.91 Å². The minimum Gasteiger partial charge on any atom is -0.394 e. The van der Waals surface area contributed by atoms with Gasteiger partial charge in [0.25, 0.3) is 0 Å². The van der Waals surface area contributed by atoms with E-state index in [0.717, 1.165) is 64.2 Å². The van der Waals surface area contributed by atoms with E-state index in [9.17, 15) is 40.5 Å². The van der Waals surface area contributed by atoms with Crippen LogP contribution in [0.2, 0.25) is 0 Å². The largest absolute Gasteiger partial charge is 0.394 e. The number of aliphatic hydroxyl groups is 7. The molecular formula is C48H91NO10. The van der Waals surface area contributed by atoms with Gasteiger partial charge in [0.2, 0.25) is 5.91 Å². The molecular weight excluding hydrogens is 751 g/mol. The van der Waals surface area contributed by atoms with E-state index in [1.807, 2.05) is 0 Å². The van der Waals surface area contributed by atoms with Crippen molar-refractivity contribution in [3.8, 4) is 0 Å². The second-order valence-corrected chi connectivity index (χ2v) is 17.2. The molecule has 9 unspecified atom stereocenters. The van der Waals surface area contributed by atoms with E-state index in [-0.39, 0.29) is 6.42 Å². The van der Waals surface area contributed by atoms with Crippen LogP contribution in [-0.2, 0) is 14.3 Å². The number of hydrogen-bond acceptors (Lipinski definition) is 10. The Labute approximate surface area is 359 Å². The van der Waals surface area contributed by atoms with Crippen molar-refractivity contribution in [2.24, 2.45) is 0 Å². The van der Waals surface area contributed by atoms with Crippen molar-refractivity contribution in [1.29, 1.82) is 0 Å². The summed E-state index contributed by atoms with van der Waals surface area (Å²) in [7, 11) is 0. The standard InChI is InChI=1S/C48H91NO10/c1-3-5-7-9-11-13-15-17-19-21-23-25-27-29-31-33-35-40(51)43(53)39(38-58-48-46(56)45(55)44(54)42(37-50)59-48)49-47(57)41(52)36-34-32-30-28-26-24-22-20-18-16-14-12-10-8-6-4-2/h12,14,18,20,39-46,48,50-56H,3-11,13,15-17,19,21-38H2,1-2H3,(H,49,57)/b14-12-,20-18-. The second-order valence-electron chi connectivity index (χ2n) is 17.2. The summed E-state index contributed by atoms with van der Waals surface area (Å²) in [5.74, 6) is -0.705. The highest BCUT2D eigenvalue weighted by Gasteiger charge is 2.44. The molecule has 0 aliphatic carbocycles. The predicted molar refractivity (Wildman–Crippen MR) is 238 cm³/mol. The average Bonchev–Trinajstić information content (AvgIpc) is 3.23. The highest BCUT2D eigenvalue weighted by Crippen LogP contribution is 2.23. The maximum atomic E-state index is 13.1. The number of unbranched alkanes of at least 4 members (excludes halogenated alkanes) is 24. The normalized spacial score (nSPS) is 21.9. The number of amides is 1. The van der Waals surface area contributed by atoms with Crippen LogP contribution in [-0.4, -0.2) is 110 Å². The Morgan fingerprint density at radius 3 is 1.54 bits per heavy atom. The maximum Gasteiger partial charge on any atom is 0.249 e. The fraction of sp³-hybridized carbons (Fsp3) is 0.896. The van der Waals surface area contributed by atoms with E-state index in [1.54, 1.807) is 0 Å². The molecule has 1 rings (SSSR count). The summed E-state index contributed by atoms with van der Waals surface area (Å²) >= 11 is 0. The molecule has 1 saturated heterocycles. The van der Waals surface area contributed by atoms with Crippen LogP contribution in [0.3, 0.4) is 0 Å². The molecule has 0 aromatic rings. The minimum atomic E-state index is -1.66. The highest BCUT2D eigenvalue weighted by atomic mass is 16.7. The lowest BCUT2D eigenvalue weighted by Gasteiger charge is -2.40. The molecule has 0 radical (unpaired) electrons. The van der Waals surface area contributed by atoms with Crippen molar-refractivity contribution in [3.63, 3.8) is 0 Å². The van der Waals surface area contributed by atoms with Gasteiger partial charge in [-0.2, -0.15) is 0 Å². The summed E-state index contributed by atoms with van der Waals surface area (Å²) in [5, 5.41) is 75.8. The van der Waals surface area contributed by atoms with Crippen LogP contribution in [0.4, 0.5) is 0 Å². The molecule has 8 N–H and O–H groups in total. The Morgan fingerprint density at radius 1 is 0.593 bits per heavy atom. The summed E-state index contributed by atoms with van der Waals surface area (Å²) in [4.78, 5) is 13.1. The van der Waals surface area contributed by atoms with E-state index in [2.05, 4.69) is 43.5 Å². The highest BCUT2D eigenvalue weighted by molar-refractivity contribution is 5.80. The SMILES string of the molecule is CCCCC/C=C\C/C=C\CCCCCCCCC(O)C(=O)NC(COC1OC(CO)C(O)C(O)C1O)C(O)C(O)CCCCCCCCCCCCCCCCCC. The first-order chi connectivity index (χ1) is 28.7. The number of nitrogens with one attached hydrogen (secondary N) is 1. The van der Waals surface area contributed by atoms with E-state index < -0.39 is 74.2 Å². The molecule has 0 saturated carbocycles. The molecule has 1 aliphatic rings. The van der Waals surface area contributed by atoms with Crippen molar-refractivity contribution < 1.29 is 50.0 Å². The zero-order valence-corrected chi connectivity index (χ0v) is 37.5. The van der Waals surface area contributed by atoms with Crippen LogP contribution in [0.25, 0.3) is 0 Å². The maximum absolute atomic E-state index is 13.1. The topological polar surface area (TPSA) is 189 Å². The van der Waals surface area contributed by atoms with Crippen LogP contribution in [0.1, 0.15) is 206 Å². The number of ether oxygens (including phenoxy) is 2. The first-order valence-electron chi connectivity index (χ1n) is 24.2. The van der Waals surface area contributed by atoms with Crippen LogP contribution in [0.5, 0.6) is 0 Å². The van der Waals surface area contributed by atoms with Gasteiger partial charge in [0, 0.05) is 0 Å². The third-order valence-corrected chi connectivity index (χ3v) is 11.8. The molecule has 0 bridgehead atoms. The molecule has 0 spiro atoms. The van der Waals surface area contributed by atoms with Crippen LogP contribution in [0.15, 0.2) is 24.3 Å². The Balaban J connectivity index is 2.44. The van der Waals surface area contributed by atoms with E-state index in [4.69, 9.17) is 9.47 Å². The van der Waals surface area contributed by atoms with Crippen molar-refractivity contribution in [1.82, 2.24) is 5.32 Å². The Kier molecular flexibility index (Phi) is 36.1. The van der Waals surface area contributed by atoms with Crippen LogP contribution in [0, 0.1) is 0 Å². The third kappa shape index (κ3) is 28.0. The monoisotopic (exact) mass is 842 g/mol. The second kappa shape index (κ2) is 38.3. The molecule has 1 amide bonds. The molecule has 9 atom stereocenters. The molecule has 1 aliphatic heterocycles. The fourth-order valence-electron chi connectivity index (χ4n) is 7.71. The lowest BCUT2D eigenvalue weighted by Crippen LogP contribution is -2.60. The molecule has 59 heavy (non-hydrogen) atoms. The fourth-order valence-corrected chi connectivity index (χ4v) is 7.71. The molecule has 348 valence electrons. The van der Waals surface area contributed by atoms with Crippen molar-refractivity contribution in [2.45, 2.75) is 262 Å².